The second-order valence-electron chi connectivity index (χ2n) is 5.97. The second-order valence-corrected chi connectivity index (χ2v) is 7.44. The average molecular weight is 306 g/mol. The molecule has 2 saturated heterocycles. The third kappa shape index (κ3) is 3.59. The summed E-state index contributed by atoms with van der Waals surface area (Å²) in [6.45, 7) is 2.97. The van der Waals surface area contributed by atoms with Gasteiger partial charge in [-0.3, -0.25) is 15.0 Å². The minimum Gasteiger partial charge on any atom is -0.480 e. The molecule has 2 aliphatic rings. The molecule has 0 bridgehead atoms. The molecule has 1 spiro atoms. The van der Waals surface area contributed by atoms with Crippen molar-refractivity contribution >= 4 is 17.7 Å². The van der Waals surface area contributed by atoms with E-state index in [4.69, 9.17) is 0 Å². The zero-order valence-corrected chi connectivity index (χ0v) is 12.9. The number of carboxylic acids is 1. The number of benzene rings is 1. The molecule has 2 aliphatic heterocycles. The maximum atomic E-state index is 11.3. The van der Waals surface area contributed by atoms with Crippen LogP contribution in [0.3, 0.4) is 0 Å². The maximum Gasteiger partial charge on any atom is 0.320 e. The summed E-state index contributed by atoms with van der Waals surface area (Å²) >= 11 is 1.91. The van der Waals surface area contributed by atoms with E-state index in [1.165, 1.54) is 5.56 Å². The van der Waals surface area contributed by atoms with Crippen LogP contribution >= 0.6 is 11.8 Å². The summed E-state index contributed by atoms with van der Waals surface area (Å²) in [6.07, 6.45) is 2.91. The van der Waals surface area contributed by atoms with E-state index in [1.807, 2.05) is 17.8 Å². The van der Waals surface area contributed by atoms with Crippen LogP contribution in [0, 0.1) is 0 Å². The van der Waals surface area contributed by atoms with Crippen molar-refractivity contribution in [1.29, 1.82) is 0 Å². The van der Waals surface area contributed by atoms with Crippen LogP contribution in [0.25, 0.3) is 0 Å². The molecule has 4 nitrogen and oxygen atoms in total. The Morgan fingerprint density at radius 2 is 2.24 bits per heavy atom. The highest BCUT2D eigenvalue weighted by Gasteiger charge is 2.41. The lowest BCUT2D eigenvalue weighted by Gasteiger charge is -2.47. The van der Waals surface area contributed by atoms with E-state index in [0.717, 1.165) is 44.6 Å². The molecule has 0 aromatic heterocycles. The first-order chi connectivity index (χ1) is 10.2. The molecule has 3 rings (SSSR count). The molecular formula is C16H22N2O2S. The van der Waals surface area contributed by atoms with E-state index >= 15 is 0 Å². The molecule has 1 aromatic rings. The Morgan fingerprint density at radius 1 is 1.43 bits per heavy atom. The van der Waals surface area contributed by atoms with Crippen LogP contribution in [0.5, 0.6) is 0 Å². The van der Waals surface area contributed by atoms with Crippen LogP contribution in [0.2, 0.25) is 0 Å². The Labute approximate surface area is 129 Å². The van der Waals surface area contributed by atoms with Crippen LogP contribution in [0.1, 0.15) is 24.8 Å². The van der Waals surface area contributed by atoms with Gasteiger partial charge in [0, 0.05) is 13.1 Å². The van der Waals surface area contributed by atoms with Crippen LogP contribution in [-0.4, -0.2) is 45.7 Å². The first-order valence-electron chi connectivity index (χ1n) is 7.58. The topological polar surface area (TPSA) is 52.6 Å². The molecule has 2 heterocycles. The van der Waals surface area contributed by atoms with E-state index in [9.17, 15) is 9.90 Å². The molecule has 21 heavy (non-hydrogen) atoms. The van der Waals surface area contributed by atoms with Gasteiger partial charge >= 0.3 is 5.97 Å². The fourth-order valence-corrected chi connectivity index (χ4v) is 4.84. The van der Waals surface area contributed by atoms with Crippen molar-refractivity contribution in [2.24, 2.45) is 0 Å². The Bertz CT molecular complexity index is 492. The Kier molecular flexibility index (Phi) is 4.52. The second kappa shape index (κ2) is 6.38. The third-order valence-electron chi connectivity index (χ3n) is 4.30. The summed E-state index contributed by atoms with van der Waals surface area (Å²) in [5.41, 5.74) is 1.32. The molecule has 0 amide bonds. The van der Waals surface area contributed by atoms with Crippen LogP contribution in [0.15, 0.2) is 30.3 Å². The lowest BCUT2D eigenvalue weighted by molar-refractivity contribution is -0.140. The first-order valence-corrected chi connectivity index (χ1v) is 8.56. The van der Waals surface area contributed by atoms with Crippen molar-refractivity contribution in [2.45, 2.75) is 36.7 Å². The summed E-state index contributed by atoms with van der Waals surface area (Å²) in [5, 5.41) is 12.7. The van der Waals surface area contributed by atoms with E-state index < -0.39 is 5.97 Å². The number of hydrogen-bond donors (Lipinski definition) is 2. The predicted octanol–water partition coefficient (Wildman–Crippen LogP) is 2.16. The SMILES string of the molecule is O=C(O)C1CCSC2(CCCN(Cc3ccccc3)C2)N1. The Balaban J connectivity index is 1.66. The molecule has 2 atom stereocenters. The highest BCUT2D eigenvalue weighted by Crippen LogP contribution is 2.37. The van der Waals surface area contributed by atoms with Crippen molar-refractivity contribution in [3.05, 3.63) is 35.9 Å². The molecule has 2 fully saturated rings. The summed E-state index contributed by atoms with van der Waals surface area (Å²) in [7, 11) is 0. The summed E-state index contributed by atoms with van der Waals surface area (Å²) in [4.78, 5) is 13.6. The van der Waals surface area contributed by atoms with Crippen molar-refractivity contribution in [2.75, 3.05) is 18.8 Å². The molecule has 0 saturated carbocycles. The number of nitrogens with one attached hydrogen (secondary N) is 1. The minimum atomic E-state index is -0.713. The van der Waals surface area contributed by atoms with Gasteiger partial charge in [-0.05, 0) is 37.1 Å². The minimum absolute atomic E-state index is 0.0751. The number of aliphatic carboxylic acids is 1. The van der Waals surface area contributed by atoms with Crippen molar-refractivity contribution in [3.8, 4) is 0 Å². The van der Waals surface area contributed by atoms with Gasteiger partial charge in [0.25, 0.3) is 0 Å². The predicted molar refractivity (Wildman–Crippen MR) is 85.3 cm³/mol. The number of nitrogens with zero attached hydrogens (tertiary/aromatic N) is 1. The number of rotatable bonds is 3. The lowest BCUT2D eigenvalue weighted by Crippen LogP contribution is -2.61. The molecule has 0 aliphatic carbocycles. The van der Waals surface area contributed by atoms with E-state index in [2.05, 4.69) is 34.5 Å². The van der Waals surface area contributed by atoms with Gasteiger partial charge in [0.1, 0.15) is 6.04 Å². The number of likely N-dealkylation sites (tertiary alicyclic amines) is 1. The lowest BCUT2D eigenvalue weighted by atomic mass is 10.0. The smallest absolute Gasteiger partial charge is 0.320 e. The number of carbonyl (C=O) groups is 1. The van der Waals surface area contributed by atoms with E-state index in [1.54, 1.807) is 0 Å². The van der Waals surface area contributed by atoms with E-state index in [-0.39, 0.29) is 10.9 Å². The Morgan fingerprint density at radius 3 is 3.00 bits per heavy atom. The molecule has 5 heteroatoms. The fraction of sp³-hybridized carbons (Fsp3) is 0.562. The highest BCUT2D eigenvalue weighted by atomic mass is 32.2. The van der Waals surface area contributed by atoms with E-state index in [0.29, 0.717) is 0 Å². The van der Waals surface area contributed by atoms with Crippen LogP contribution < -0.4 is 5.32 Å². The van der Waals surface area contributed by atoms with Gasteiger partial charge in [-0.2, -0.15) is 0 Å². The normalized spacial score (nSPS) is 30.4. The Hall–Kier alpha value is -1.04. The molecule has 2 N–H and O–H groups in total. The molecule has 1 aromatic carbocycles. The quantitative estimate of drug-likeness (QED) is 0.896. The monoisotopic (exact) mass is 306 g/mol. The molecule has 0 radical (unpaired) electrons. The summed E-state index contributed by atoms with van der Waals surface area (Å²) < 4.78 is 0. The third-order valence-corrected chi connectivity index (χ3v) is 5.75. The average Bonchev–Trinajstić information content (AvgIpc) is 2.48. The van der Waals surface area contributed by atoms with Crippen molar-refractivity contribution < 1.29 is 9.90 Å². The fourth-order valence-electron chi connectivity index (χ4n) is 3.31. The standard InChI is InChI=1S/C16H22N2O2S/c19-15(20)14-7-10-21-16(17-14)8-4-9-18(12-16)11-13-5-2-1-3-6-13/h1-3,5-6,14,17H,4,7-12H2,(H,19,20). The van der Waals surface area contributed by atoms with Gasteiger partial charge in [-0.1, -0.05) is 30.3 Å². The molecule has 114 valence electrons. The summed E-state index contributed by atoms with van der Waals surface area (Å²) in [5.74, 6) is 0.221. The maximum absolute atomic E-state index is 11.3. The zero-order chi connectivity index (χ0) is 14.7. The number of thioether (sulfide) groups is 1. The van der Waals surface area contributed by atoms with Crippen LogP contribution in [-0.2, 0) is 11.3 Å². The van der Waals surface area contributed by atoms with Crippen LogP contribution in [0.4, 0.5) is 0 Å². The molecular weight excluding hydrogens is 284 g/mol. The van der Waals surface area contributed by atoms with Gasteiger partial charge in [0.05, 0.1) is 4.87 Å². The largest absolute Gasteiger partial charge is 0.480 e. The summed E-state index contributed by atoms with van der Waals surface area (Å²) in [6, 6.07) is 10.1. The van der Waals surface area contributed by atoms with Gasteiger partial charge in [-0.25, -0.2) is 0 Å². The van der Waals surface area contributed by atoms with Gasteiger partial charge in [0.15, 0.2) is 0 Å². The van der Waals surface area contributed by atoms with Gasteiger partial charge < -0.3 is 5.11 Å². The zero-order valence-electron chi connectivity index (χ0n) is 12.1. The highest BCUT2D eigenvalue weighted by molar-refractivity contribution is 8.00. The molecule has 2 unspecified atom stereocenters. The number of hydrogen-bond acceptors (Lipinski definition) is 4. The van der Waals surface area contributed by atoms with Gasteiger partial charge in [0.2, 0.25) is 0 Å². The number of piperidine rings is 1. The van der Waals surface area contributed by atoms with Gasteiger partial charge in [-0.15, -0.1) is 11.8 Å². The van der Waals surface area contributed by atoms with Crippen molar-refractivity contribution in [3.63, 3.8) is 0 Å². The van der Waals surface area contributed by atoms with Crippen molar-refractivity contribution in [1.82, 2.24) is 10.2 Å². The number of carboxylic acid groups (broad SMARTS) is 1. The first kappa shape index (κ1) is 14.9.